The Bertz CT molecular complexity index is 414. The van der Waals surface area contributed by atoms with Crippen molar-refractivity contribution in [1.29, 1.82) is 0 Å². The van der Waals surface area contributed by atoms with E-state index in [4.69, 9.17) is 0 Å². The molecular weight excluding hydrogens is 272 g/mol. The Morgan fingerprint density at radius 1 is 1.47 bits per heavy atom. The molecule has 3 heteroatoms. The highest BCUT2D eigenvalue weighted by Gasteiger charge is 2.07. The minimum atomic E-state index is -1.08. The van der Waals surface area contributed by atoms with Crippen LogP contribution in [0.5, 0.6) is 0 Å². The minimum absolute atomic E-state index is 0.757. The quantitative estimate of drug-likeness (QED) is 0.766. The van der Waals surface area contributed by atoms with Crippen LogP contribution >= 0.6 is 15.9 Å². The van der Waals surface area contributed by atoms with E-state index in [1.165, 1.54) is 0 Å². The summed E-state index contributed by atoms with van der Waals surface area (Å²) in [6.07, 6.45) is 2.56. The standard InChI is InChI=1S/C12H13BrOS/c1-3-5-11(4-2)15(14)12-8-6-10(13)7-9-12/h3,6-9H,4H2,1-2H3. The molecule has 0 spiro atoms. The molecule has 0 saturated carbocycles. The second-order valence-electron chi connectivity index (χ2n) is 2.93. The molecule has 0 N–H and O–H groups in total. The molecule has 1 unspecified atom stereocenters. The van der Waals surface area contributed by atoms with Crippen molar-refractivity contribution in [2.75, 3.05) is 0 Å². The molecule has 0 radical (unpaired) electrons. The lowest BCUT2D eigenvalue weighted by atomic mass is 10.4. The smallest absolute Gasteiger partial charge is 0.0886 e. The maximum Gasteiger partial charge on any atom is 0.0886 e. The van der Waals surface area contributed by atoms with E-state index >= 15 is 0 Å². The fourth-order valence-corrected chi connectivity index (χ4v) is 2.57. The van der Waals surface area contributed by atoms with Crippen molar-refractivity contribution >= 4 is 26.7 Å². The Labute approximate surface area is 101 Å². The summed E-state index contributed by atoms with van der Waals surface area (Å²) in [5, 5.41) is 0. The predicted molar refractivity (Wildman–Crippen MR) is 68.1 cm³/mol. The van der Waals surface area contributed by atoms with Gasteiger partial charge in [0.05, 0.1) is 15.7 Å². The van der Waals surface area contributed by atoms with Crippen LogP contribution < -0.4 is 0 Å². The molecular formula is C12H13BrOS. The molecule has 15 heavy (non-hydrogen) atoms. The number of hydrogen-bond acceptors (Lipinski definition) is 1. The molecule has 1 nitrogen and oxygen atoms in total. The minimum Gasteiger partial charge on any atom is -0.249 e. The zero-order valence-electron chi connectivity index (χ0n) is 8.79. The van der Waals surface area contributed by atoms with Gasteiger partial charge in [0.25, 0.3) is 0 Å². The van der Waals surface area contributed by atoms with Crippen molar-refractivity contribution in [2.24, 2.45) is 0 Å². The third kappa shape index (κ3) is 3.45. The van der Waals surface area contributed by atoms with Crippen molar-refractivity contribution in [1.82, 2.24) is 0 Å². The normalized spacial score (nSPS) is 11.7. The zero-order chi connectivity index (χ0) is 11.3. The largest absolute Gasteiger partial charge is 0.249 e. The highest BCUT2D eigenvalue weighted by Crippen LogP contribution is 2.18. The Morgan fingerprint density at radius 3 is 2.53 bits per heavy atom. The second kappa shape index (κ2) is 6.06. The van der Waals surface area contributed by atoms with Crippen molar-refractivity contribution in [3.63, 3.8) is 0 Å². The Morgan fingerprint density at radius 2 is 2.07 bits per heavy atom. The van der Waals surface area contributed by atoms with Crippen molar-refractivity contribution in [3.05, 3.63) is 45.5 Å². The van der Waals surface area contributed by atoms with Crippen molar-refractivity contribution in [3.8, 4) is 0 Å². The molecule has 0 saturated heterocycles. The molecule has 0 bridgehead atoms. The molecule has 0 aliphatic rings. The van der Waals surface area contributed by atoms with Gasteiger partial charge in [-0.15, -0.1) is 5.73 Å². The van der Waals surface area contributed by atoms with E-state index in [9.17, 15) is 4.21 Å². The van der Waals surface area contributed by atoms with Crippen LogP contribution in [0.4, 0.5) is 0 Å². The monoisotopic (exact) mass is 284 g/mol. The highest BCUT2D eigenvalue weighted by molar-refractivity contribution is 9.10. The summed E-state index contributed by atoms with van der Waals surface area (Å²) < 4.78 is 13.0. The third-order valence-electron chi connectivity index (χ3n) is 1.88. The fourth-order valence-electron chi connectivity index (χ4n) is 1.15. The summed E-state index contributed by atoms with van der Waals surface area (Å²) in [6.45, 7) is 3.87. The van der Waals surface area contributed by atoms with Crippen LogP contribution in [0, 0.1) is 0 Å². The van der Waals surface area contributed by atoms with Gasteiger partial charge >= 0.3 is 0 Å². The summed E-state index contributed by atoms with van der Waals surface area (Å²) >= 11 is 3.35. The number of rotatable bonds is 3. The van der Waals surface area contributed by atoms with Gasteiger partial charge in [-0.05, 0) is 43.7 Å². The Kier molecular flexibility index (Phi) is 5.03. The van der Waals surface area contributed by atoms with Crippen LogP contribution in [0.1, 0.15) is 20.3 Å². The molecule has 0 amide bonds. The molecule has 0 aliphatic heterocycles. The number of benzene rings is 1. The van der Waals surface area contributed by atoms with E-state index < -0.39 is 10.8 Å². The van der Waals surface area contributed by atoms with Gasteiger partial charge in [0.1, 0.15) is 0 Å². The molecule has 0 aliphatic carbocycles. The van der Waals surface area contributed by atoms with E-state index in [2.05, 4.69) is 21.7 Å². The maximum atomic E-state index is 12.1. The van der Waals surface area contributed by atoms with Gasteiger partial charge in [0, 0.05) is 9.37 Å². The number of allylic oxidation sites excluding steroid dienone is 1. The first-order valence-electron chi connectivity index (χ1n) is 4.76. The average molecular weight is 285 g/mol. The van der Waals surface area contributed by atoms with Crippen LogP contribution in [0.15, 0.2) is 50.3 Å². The summed E-state index contributed by atoms with van der Waals surface area (Å²) in [4.78, 5) is 1.66. The van der Waals surface area contributed by atoms with Crippen LogP contribution in [0.3, 0.4) is 0 Å². The van der Waals surface area contributed by atoms with Crippen LogP contribution in [-0.2, 0) is 10.8 Å². The third-order valence-corrected chi connectivity index (χ3v) is 3.96. The van der Waals surface area contributed by atoms with Gasteiger partial charge in [0.15, 0.2) is 0 Å². The molecule has 0 heterocycles. The van der Waals surface area contributed by atoms with E-state index in [1.807, 2.05) is 38.1 Å². The lowest BCUT2D eigenvalue weighted by Crippen LogP contribution is -1.93. The van der Waals surface area contributed by atoms with E-state index in [1.54, 1.807) is 6.08 Å². The van der Waals surface area contributed by atoms with Gasteiger partial charge in [-0.1, -0.05) is 22.9 Å². The van der Waals surface area contributed by atoms with Gasteiger partial charge in [0.2, 0.25) is 0 Å². The highest BCUT2D eigenvalue weighted by atomic mass is 79.9. The topological polar surface area (TPSA) is 17.1 Å². The number of halogens is 1. The van der Waals surface area contributed by atoms with Gasteiger partial charge in [-0.3, -0.25) is 0 Å². The molecule has 1 aromatic rings. The molecule has 0 aromatic heterocycles. The summed E-state index contributed by atoms with van der Waals surface area (Å²) in [6, 6.07) is 7.53. The molecule has 80 valence electrons. The lowest BCUT2D eigenvalue weighted by Gasteiger charge is -2.02. The lowest BCUT2D eigenvalue weighted by molar-refractivity contribution is 0.686. The molecule has 1 rings (SSSR count). The van der Waals surface area contributed by atoms with Crippen LogP contribution in [-0.4, -0.2) is 4.21 Å². The Hall–Kier alpha value is -0.630. The first-order chi connectivity index (χ1) is 7.19. The van der Waals surface area contributed by atoms with Gasteiger partial charge in [-0.2, -0.15) is 0 Å². The maximum absolute atomic E-state index is 12.1. The second-order valence-corrected chi connectivity index (χ2v) is 5.35. The zero-order valence-corrected chi connectivity index (χ0v) is 11.2. The van der Waals surface area contributed by atoms with Crippen LogP contribution in [0.25, 0.3) is 0 Å². The fraction of sp³-hybridized carbons (Fsp3) is 0.250. The van der Waals surface area contributed by atoms with Crippen molar-refractivity contribution < 1.29 is 4.21 Å². The first kappa shape index (κ1) is 12.4. The van der Waals surface area contributed by atoms with Gasteiger partial charge < -0.3 is 0 Å². The van der Waals surface area contributed by atoms with Crippen molar-refractivity contribution in [2.45, 2.75) is 25.2 Å². The summed E-state index contributed by atoms with van der Waals surface area (Å²) in [5.41, 5.74) is 3.02. The van der Waals surface area contributed by atoms with Gasteiger partial charge in [-0.25, -0.2) is 4.21 Å². The summed E-state index contributed by atoms with van der Waals surface area (Å²) in [5.74, 6) is 0. The Balaban J connectivity index is 3.04. The SMILES string of the molecule is CC=C=C(CC)S(=O)c1ccc(Br)cc1. The first-order valence-corrected chi connectivity index (χ1v) is 6.70. The van der Waals surface area contributed by atoms with E-state index in [-0.39, 0.29) is 0 Å². The molecule has 0 fully saturated rings. The van der Waals surface area contributed by atoms with Crippen LogP contribution in [0.2, 0.25) is 0 Å². The molecule has 1 aromatic carbocycles. The van der Waals surface area contributed by atoms with E-state index in [0.717, 1.165) is 20.7 Å². The predicted octanol–water partition coefficient (Wildman–Crippen LogP) is 4.03. The summed E-state index contributed by atoms with van der Waals surface area (Å²) in [7, 11) is -1.08. The molecule has 1 atom stereocenters. The average Bonchev–Trinajstić information content (AvgIpc) is 2.26. The van der Waals surface area contributed by atoms with E-state index in [0.29, 0.717) is 0 Å². The number of hydrogen-bond donors (Lipinski definition) is 0.